The van der Waals surface area contributed by atoms with Crippen LogP contribution < -0.4 is 0 Å². The van der Waals surface area contributed by atoms with Crippen LogP contribution in [0.15, 0.2) is 24.4 Å². The summed E-state index contributed by atoms with van der Waals surface area (Å²) in [5.41, 5.74) is 0.0602. The standard InChI is InChI=1S/C8H8F3N/c1-6(8(9,10)11)7-4-2-3-5-12-7/h2-6H,1H3. The third-order valence-electron chi connectivity index (χ3n) is 1.62. The minimum atomic E-state index is -4.20. The van der Waals surface area contributed by atoms with E-state index in [1.807, 2.05) is 0 Å². The summed E-state index contributed by atoms with van der Waals surface area (Å²) in [7, 11) is 0. The van der Waals surface area contributed by atoms with Crippen LogP contribution in [0.2, 0.25) is 0 Å². The molecule has 12 heavy (non-hydrogen) atoms. The first kappa shape index (κ1) is 9.03. The first-order valence-corrected chi connectivity index (χ1v) is 3.49. The van der Waals surface area contributed by atoms with Gasteiger partial charge in [-0.25, -0.2) is 0 Å². The Morgan fingerprint density at radius 2 is 2.00 bits per heavy atom. The highest BCUT2D eigenvalue weighted by Gasteiger charge is 2.37. The molecule has 0 saturated heterocycles. The van der Waals surface area contributed by atoms with Crippen molar-refractivity contribution < 1.29 is 13.2 Å². The molecule has 0 radical (unpaired) electrons. The molecule has 0 bridgehead atoms. The van der Waals surface area contributed by atoms with Gasteiger partial charge in [0, 0.05) is 6.20 Å². The normalized spacial score (nSPS) is 14.3. The van der Waals surface area contributed by atoms with E-state index in [-0.39, 0.29) is 5.69 Å². The van der Waals surface area contributed by atoms with Gasteiger partial charge in [-0.2, -0.15) is 13.2 Å². The van der Waals surface area contributed by atoms with Gasteiger partial charge in [-0.15, -0.1) is 0 Å². The fourth-order valence-electron chi connectivity index (χ4n) is 0.800. The summed E-state index contributed by atoms with van der Waals surface area (Å²) in [6.45, 7) is 1.10. The van der Waals surface area contributed by atoms with E-state index < -0.39 is 12.1 Å². The molecule has 0 saturated carbocycles. The van der Waals surface area contributed by atoms with E-state index in [4.69, 9.17) is 0 Å². The van der Waals surface area contributed by atoms with Crippen molar-refractivity contribution >= 4 is 0 Å². The van der Waals surface area contributed by atoms with Crippen LogP contribution in [-0.2, 0) is 0 Å². The van der Waals surface area contributed by atoms with Crippen LogP contribution in [0.1, 0.15) is 18.5 Å². The first-order chi connectivity index (χ1) is 5.52. The average Bonchev–Trinajstić information content (AvgIpc) is 2.03. The number of halogens is 3. The topological polar surface area (TPSA) is 12.9 Å². The maximum Gasteiger partial charge on any atom is 0.396 e. The monoisotopic (exact) mass is 175 g/mol. The molecule has 0 aliphatic rings. The lowest BCUT2D eigenvalue weighted by molar-refractivity contribution is -0.147. The van der Waals surface area contributed by atoms with Crippen molar-refractivity contribution in [1.82, 2.24) is 4.98 Å². The Morgan fingerprint density at radius 3 is 2.42 bits per heavy atom. The van der Waals surface area contributed by atoms with E-state index in [9.17, 15) is 13.2 Å². The highest BCUT2D eigenvalue weighted by atomic mass is 19.4. The molecular weight excluding hydrogens is 167 g/mol. The summed E-state index contributed by atoms with van der Waals surface area (Å²) in [6.07, 6.45) is -2.84. The number of rotatable bonds is 1. The van der Waals surface area contributed by atoms with E-state index in [0.29, 0.717) is 0 Å². The Morgan fingerprint density at radius 1 is 1.33 bits per heavy atom. The lowest BCUT2D eigenvalue weighted by atomic mass is 10.1. The number of aromatic nitrogens is 1. The second kappa shape index (κ2) is 3.13. The SMILES string of the molecule is CC(c1ccccn1)C(F)(F)F. The molecule has 4 heteroatoms. The van der Waals surface area contributed by atoms with E-state index in [1.165, 1.54) is 12.3 Å². The molecular formula is C8H8F3N. The third-order valence-corrected chi connectivity index (χ3v) is 1.62. The molecule has 1 rings (SSSR count). The summed E-state index contributed by atoms with van der Waals surface area (Å²) in [4.78, 5) is 3.63. The van der Waals surface area contributed by atoms with Crippen molar-refractivity contribution in [2.24, 2.45) is 0 Å². The van der Waals surface area contributed by atoms with Gasteiger partial charge in [0.15, 0.2) is 0 Å². The summed E-state index contributed by atoms with van der Waals surface area (Å²) >= 11 is 0. The van der Waals surface area contributed by atoms with Crippen molar-refractivity contribution in [3.63, 3.8) is 0 Å². The van der Waals surface area contributed by atoms with Crippen LogP contribution in [0.3, 0.4) is 0 Å². The van der Waals surface area contributed by atoms with Crippen molar-refractivity contribution in [3.8, 4) is 0 Å². The molecule has 0 N–H and O–H groups in total. The molecule has 0 aliphatic heterocycles. The molecule has 1 aromatic rings. The molecule has 0 aromatic carbocycles. The maximum absolute atomic E-state index is 12.1. The van der Waals surface area contributed by atoms with Crippen LogP contribution in [0.4, 0.5) is 13.2 Å². The number of hydrogen-bond acceptors (Lipinski definition) is 1. The van der Waals surface area contributed by atoms with Crippen molar-refractivity contribution in [3.05, 3.63) is 30.1 Å². The van der Waals surface area contributed by atoms with Gasteiger partial charge in [0.2, 0.25) is 0 Å². The Bertz CT molecular complexity index is 242. The molecule has 0 fully saturated rings. The van der Waals surface area contributed by atoms with Crippen LogP contribution >= 0.6 is 0 Å². The molecule has 66 valence electrons. The predicted octanol–water partition coefficient (Wildman–Crippen LogP) is 2.75. The largest absolute Gasteiger partial charge is 0.396 e. The number of nitrogens with zero attached hydrogens (tertiary/aromatic N) is 1. The van der Waals surface area contributed by atoms with Crippen molar-refractivity contribution in [2.75, 3.05) is 0 Å². The lowest BCUT2D eigenvalue weighted by Crippen LogP contribution is -2.18. The van der Waals surface area contributed by atoms with Crippen molar-refractivity contribution in [2.45, 2.75) is 19.0 Å². The van der Waals surface area contributed by atoms with E-state index in [2.05, 4.69) is 4.98 Å². The van der Waals surface area contributed by atoms with Gasteiger partial charge in [0.1, 0.15) is 0 Å². The lowest BCUT2D eigenvalue weighted by Gasteiger charge is -2.14. The summed E-state index contributed by atoms with van der Waals surface area (Å²) in [5.74, 6) is -1.49. The summed E-state index contributed by atoms with van der Waals surface area (Å²) in [5, 5.41) is 0. The Balaban J connectivity index is 2.86. The zero-order valence-corrected chi connectivity index (χ0v) is 6.47. The maximum atomic E-state index is 12.1. The minimum Gasteiger partial charge on any atom is -0.261 e. The average molecular weight is 175 g/mol. The predicted molar refractivity (Wildman–Crippen MR) is 38.7 cm³/mol. The Hall–Kier alpha value is -1.06. The van der Waals surface area contributed by atoms with Gasteiger partial charge in [0.25, 0.3) is 0 Å². The van der Waals surface area contributed by atoms with Crippen LogP contribution in [0.25, 0.3) is 0 Å². The number of alkyl halides is 3. The third kappa shape index (κ3) is 1.96. The molecule has 1 heterocycles. The molecule has 1 unspecified atom stereocenters. The van der Waals surface area contributed by atoms with Gasteiger partial charge >= 0.3 is 6.18 Å². The van der Waals surface area contributed by atoms with Gasteiger partial charge in [-0.05, 0) is 19.1 Å². The zero-order chi connectivity index (χ0) is 9.19. The molecule has 0 spiro atoms. The highest BCUT2D eigenvalue weighted by molar-refractivity contribution is 5.10. The molecule has 0 aliphatic carbocycles. The van der Waals surface area contributed by atoms with Gasteiger partial charge in [-0.3, -0.25) is 4.98 Å². The fraction of sp³-hybridized carbons (Fsp3) is 0.375. The molecule has 0 amide bonds. The van der Waals surface area contributed by atoms with Crippen LogP contribution in [0.5, 0.6) is 0 Å². The van der Waals surface area contributed by atoms with E-state index in [1.54, 1.807) is 12.1 Å². The molecule has 1 aromatic heterocycles. The Labute approximate surface area is 68.2 Å². The van der Waals surface area contributed by atoms with E-state index >= 15 is 0 Å². The smallest absolute Gasteiger partial charge is 0.261 e. The second-order valence-electron chi connectivity index (χ2n) is 2.52. The highest BCUT2D eigenvalue weighted by Crippen LogP contribution is 2.32. The van der Waals surface area contributed by atoms with Gasteiger partial charge in [0.05, 0.1) is 11.6 Å². The fourth-order valence-corrected chi connectivity index (χ4v) is 0.800. The zero-order valence-electron chi connectivity index (χ0n) is 6.47. The second-order valence-corrected chi connectivity index (χ2v) is 2.52. The Kier molecular flexibility index (Phi) is 2.35. The molecule has 1 nitrogen and oxygen atoms in total. The van der Waals surface area contributed by atoms with Gasteiger partial charge < -0.3 is 0 Å². The van der Waals surface area contributed by atoms with Crippen molar-refractivity contribution in [1.29, 1.82) is 0 Å². The van der Waals surface area contributed by atoms with E-state index in [0.717, 1.165) is 6.92 Å². The van der Waals surface area contributed by atoms with Gasteiger partial charge in [-0.1, -0.05) is 6.07 Å². The summed E-state index contributed by atoms with van der Waals surface area (Å²) in [6, 6.07) is 4.51. The van der Waals surface area contributed by atoms with Crippen LogP contribution in [0, 0.1) is 0 Å². The van der Waals surface area contributed by atoms with Crippen LogP contribution in [-0.4, -0.2) is 11.2 Å². The summed E-state index contributed by atoms with van der Waals surface area (Å²) < 4.78 is 36.3. The minimum absolute atomic E-state index is 0.0602. The first-order valence-electron chi connectivity index (χ1n) is 3.49. The number of hydrogen-bond donors (Lipinski definition) is 0. The molecule has 1 atom stereocenters. The number of pyridine rings is 1. The quantitative estimate of drug-likeness (QED) is 0.639.